The minimum absolute atomic E-state index is 0.269. The van der Waals surface area contributed by atoms with E-state index in [1.807, 2.05) is 0 Å². The van der Waals surface area contributed by atoms with Gasteiger partial charge in [-0.25, -0.2) is 4.79 Å². The first kappa shape index (κ1) is 15.2. The van der Waals surface area contributed by atoms with Gasteiger partial charge in [-0.15, -0.1) is 11.3 Å². The lowest BCUT2D eigenvalue weighted by Crippen LogP contribution is -2.22. The lowest BCUT2D eigenvalue weighted by atomic mass is 10.1. The molecule has 118 valence electrons. The Kier molecular flexibility index (Phi) is 4.12. The molecule has 1 N–H and O–H groups in total. The molecule has 0 fully saturated rings. The zero-order valence-corrected chi connectivity index (χ0v) is 13.3. The summed E-state index contributed by atoms with van der Waals surface area (Å²) in [5.41, 5.74) is 1.85. The number of nitriles is 1. The number of anilines is 1. The van der Waals surface area contributed by atoms with Crippen molar-refractivity contribution < 1.29 is 14.3 Å². The first-order chi connectivity index (χ1) is 11.1. The highest BCUT2D eigenvalue weighted by atomic mass is 32.1. The van der Waals surface area contributed by atoms with E-state index in [2.05, 4.69) is 16.5 Å². The molecule has 0 bridgehead atoms. The number of thiophene rings is 1. The number of esters is 1. The second-order valence-corrected chi connectivity index (χ2v) is 6.24. The van der Waals surface area contributed by atoms with Gasteiger partial charge in [0.1, 0.15) is 16.8 Å². The van der Waals surface area contributed by atoms with Crippen LogP contribution in [0.15, 0.2) is 12.3 Å². The van der Waals surface area contributed by atoms with E-state index in [-0.39, 0.29) is 5.69 Å². The van der Waals surface area contributed by atoms with Crippen LogP contribution in [-0.2, 0) is 29.4 Å². The van der Waals surface area contributed by atoms with Crippen molar-refractivity contribution in [3.05, 3.63) is 34.0 Å². The number of ether oxygens (including phenoxy) is 1. The second kappa shape index (κ2) is 6.22. The number of nitrogens with one attached hydrogen (secondary N) is 1. The molecule has 0 atom stereocenters. The Morgan fingerprint density at radius 3 is 3.04 bits per heavy atom. The van der Waals surface area contributed by atoms with Crippen molar-refractivity contribution in [3.8, 4) is 6.07 Å². The van der Waals surface area contributed by atoms with Crippen molar-refractivity contribution in [2.75, 3.05) is 11.9 Å². The molecule has 0 saturated carbocycles. The van der Waals surface area contributed by atoms with E-state index < -0.39 is 18.5 Å². The first-order valence-electron chi connectivity index (χ1n) is 7.09. The summed E-state index contributed by atoms with van der Waals surface area (Å²) in [4.78, 5) is 24.9. The third-order valence-electron chi connectivity index (χ3n) is 3.65. The molecule has 23 heavy (non-hydrogen) atoms. The monoisotopic (exact) mass is 330 g/mol. The van der Waals surface area contributed by atoms with Crippen LogP contribution in [0.4, 0.5) is 5.00 Å². The number of rotatable bonds is 4. The molecule has 0 unspecified atom stereocenters. The third-order valence-corrected chi connectivity index (χ3v) is 4.86. The maximum atomic E-state index is 12.0. The Balaban J connectivity index is 1.61. The molecule has 0 radical (unpaired) electrons. The van der Waals surface area contributed by atoms with Gasteiger partial charge in [0.15, 0.2) is 6.61 Å². The van der Waals surface area contributed by atoms with Gasteiger partial charge >= 0.3 is 5.97 Å². The summed E-state index contributed by atoms with van der Waals surface area (Å²) in [6.07, 6.45) is 4.34. The van der Waals surface area contributed by atoms with Crippen LogP contribution in [0, 0.1) is 11.3 Å². The minimum Gasteiger partial charge on any atom is -0.451 e. The fourth-order valence-electron chi connectivity index (χ4n) is 2.55. The predicted molar refractivity (Wildman–Crippen MR) is 83.2 cm³/mol. The lowest BCUT2D eigenvalue weighted by molar-refractivity contribution is -0.119. The summed E-state index contributed by atoms with van der Waals surface area (Å²) in [6.45, 7) is -0.405. The van der Waals surface area contributed by atoms with Gasteiger partial charge in [0.25, 0.3) is 5.91 Å². The Hall–Kier alpha value is -2.66. The van der Waals surface area contributed by atoms with Crippen LogP contribution in [0.3, 0.4) is 0 Å². The molecule has 0 aromatic carbocycles. The maximum absolute atomic E-state index is 12.0. The number of hydrogen-bond donors (Lipinski definition) is 1. The average Bonchev–Trinajstić information content (AvgIpc) is 3.20. The maximum Gasteiger partial charge on any atom is 0.357 e. The van der Waals surface area contributed by atoms with Crippen LogP contribution < -0.4 is 5.32 Å². The molecule has 2 heterocycles. The third kappa shape index (κ3) is 2.96. The summed E-state index contributed by atoms with van der Waals surface area (Å²) < 4.78 is 6.33. The minimum atomic E-state index is -0.616. The highest BCUT2D eigenvalue weighted by molar-refractivity contribution is 7.16. The van der Waals surface area contributed by atoms with Gasteiger partial charge in [0, 0.05) is 18.1 Å². The topological polar surface area (TPSA) is 97.0 Å². The van der Waals surface area contributed by atoms with Gasteiger partial charge < -0.3 is 10.1 Å². The Labute approximate surface area is 136 Å². The van der Waals surface area contributed by atoms with Gasteiger partial charge in [-0.3, -0.25) is 9.48 Å². The zero-order valence-electron chi connectivity index (χ0n) is 12.5. The lowest BCUT2D eigenvalue weighted by Gasteiger charge is -2.06. The van der Waals surface area contributed by atoms with E-state index >= 15 is 0 Å². The van der Waals surface area contributed by atoms with Gasteiger partial charge in [0.2, 0.25) is 0 Å². The fraction of sp³-hybridized carbons (Fsp3) is 0.333. The quantitative estimate of drug-likeness (QED) is 0.860. The summed E-state index contributed by atoms with van der Waals surface area (Å²) in [7, 11) is 1.61. The molecule has 0 aliphatic heterocycles. The van der Waals surface area contributed by atoms with E-state index in [1.54, 1.807) is 7.05 Å². The smallest absolute Gasteiger partial charge is 0.357 e. The Morgan fingerprint density at radius 2 is 2.35 bits per heavy atom. The summed E-state index contributed by atoms with van der Waals surface area (Å²) in [5.74, 6) is -1.08. The van der Waals surface area contributed by atoms with Gasteiger partial charge in [-0.2, -0.15) is 10.4 Å². The Morgan fingerprint density at radius 1 is 1.52 bits per heavy atom. The molecular formula is C15H14N4O3S. The number of fused-ring (bicyclic) bond motifs is 1. The highest BCUT2D eigenvalue weighted by Gasteiger charge is 2.23. The second-order valence-electron chi connectivity index (χ2n) is 5.14. The van der Waals surface area contributed by atoms with Crippen LogP contribution in [0.1, 0.15) is 32.9 Å². The summed E-state index contributed by atoms with van der Waals surface area (Å²) in [5, 5.41) is 16.3. The SMILES string of the molecule is Cn1nccc1C(=O)OCC(=O)Nc1sc2c(c1C#N)CCC2. The molecule has 2 aromatic heterocycles. The van der Waals surface area contributed by atoms with Gasteiger partial charge in [-0.05, 0) is 30.9 Å². The molecule has 3 rings (SSSR count). The number of aromatic nitrogens is 2. The van der Waals surface area contributed by atoms with E-state index in [1.165, 1.54) is 28.3 Å². The van der Waals surface area contributed by atoms with E-state index in [0.29, 0.717) is 10.6 Å². The van der Waals surface area contributed by atoms with Crippen molar-refractivity contribution >= 4 is 28.2 Å². The zero-order chi connectivity index (χ0) is 16.4. The number of aryl methyl sites for hydroxylation is 2. The highest BCUT2D eigenvalue weighted by Crippen LogP contribution is 2.38. The van der Waals surface area contributed by atoms with Gasteiger partial charge in [0.05, 0.1) is 5.56 Å². The van der Waals surface area contributed by atoms with Crippen molar-refractivity contribution in [3.63, 3.8) is 0 Å². The van der Waals surface area contributed by atoms with E-state index in [9.17, 15) is 14.9 Å². The number of hydrogen-bond acceptors (Lipinski definition) is 6. The molecule has 7 nitrogen and oxygen atoms in total. The first-order valence-corrected chi connectivity index (χ1v) is 7.91. The number of carbonyl (C=O) groups excluding carboxylic acids is 2. The standard InChI is InChI=1S/C15H14N4O3S/c1-19-11(5-6-17-19)15(21)22-8-13(20)18-14-10(7-16)9-3-2-4-12(9)23-14/h5-6H,2-4,8H2,1H3,(H,18,20). The number of amides is 1. The van der Waals surface area contributed by atoms with Crippen molar-refractivity contribution in [1.29, 1.82) is 5.26 Å². The fourth-order valence-corrected chi connectivity index (χ4v) is 3.81. The van der Waals surface area contributed by atoms with Crippen molar-refractivity contribution in [1.82, 2.24) is 9.78 Å². The molecule has 0 saturated heterocycles. The average molecular weight is 330 g/mol. The molecule has 1 aliphatic rings. The van der Waals surface area contributed by atoms with Crippen LogP contribution in [0.25, 0.3) is 0 Å². The molecule has 1 amide bonds. The Bertz CT molecular complexity index is 815. The van der Waals surface area contributed by atoms with Crippen molar-refractivity contribution in [2.24, 2.45) is 7.05 Å². The van der Waals surface area contributed by atoms with Crippen LogP contribution in [-0.4, -0.2) is 28.3 Å². The molecule has 1 aliphatic carbocycles. The molecule has 8 heteroatoms. The molecule has 2 aromatic rings. The normalized spacial score (nSPS) is 12.5. The van der Waals surface area contributed by atoms with Crippen LogP contribution in [0.5, 0.6) is 0 Å². The summed E-state index contributed by atoms with van der Waals surface area (Å²) in [6, 6.07) is 3.66. The van der Waals surface area contributed by atoms with E-state index in [4.69, 9.17) is 4.74 Å². The summed E-state index contributed by atoms with van der Waals surface area (Å²) >= 11 is 1.43. The predicted octanol–water partition coefficient (Wildman–Crippen LogP) is 1.64. The van der Waals surface area contributed by atoms with Crippen LogP contribution >= 0.6 is 11.3 Å². The van der Waals surface area contributed by atoms with Crippen LogP contribution in [0.2, 0.25) is 0 Å². The van der Waals surface area contributed by atoms with Crippen molar-refractivity contribution in [2.45, 2.75) is 19.3 Å². The largest absolute Gasteiger partial charge is 0.451 e. The molecular weight excluding hydrogens is 316 g/mol. The molecule has 0 spiro atoms. The number of nitrogens with zero attached hydrogens (tertiary/aromatic N) is 3. The number of carbonyl (C=O) groups is 2. The van der Waals surface area contributed by atoms with Gasteiger partial charge in [-0.1, -0.05) is 0 Å². The van der Waals surface area contributed by atoms with E-state index in [0.717, 1.165) is 29.7 Å².